The van der Waals surface area contributed by atoms with Crippen LogP contribution < -0.4 is 5.32 Å². The summed E-state index contributed by atoms with van der Waals surface area (Å²) < 4.78 is 0. The minimum Gasteiger partial charge on any atom is -0.339 e. The van der Waals surface area contributed by atoms with Gasteiger partial charge in [0.05, 0.1) is 16.7 Å². The molecule has 0 fully saturated rings. The van der Waals surface area contributed by atoms with Crippen LogP contribution in [-0.2, 0) is 0 Å². The number of hydrogen-bond acceptors (Lipinski definition) is 3. The minimum atomic E-state index is 0.793. The molecule has 0 atom stereocenters. The topological polar surface area (TPSA) is 37.8 Å². The molecule has 1 N–H and O–H groups in total. The normalized spacial score (nSPS) is 10.8. The monoisotopic (exact) mass is 325 g/mol. The van der Waals surface area contributed by atoms with Crippen LogP contribution in [0.25, 0.3) is 22.2 Å². The molecule has 0 bridgehead atoms. The van der Waals surface area contributed by atoms with E-state index < -0.39 is 0 Å². The van der Waals surface area contributed by atoms with Gasteiger partial charge in [-0.25, -0.2) is 9.97 Å². The van der Waals surface area contributed by atoms with Gasteiger partial charge in [0.15, 0.2) is 5.82 Å². The molecule has 0 unspecified atom stereocenters. The molecule has 25 heavy (non-hydrogen) atoms. The quantitative estimate of drug-likeness (QED) is 0.528. The Morgan fingerprint density at radius 1 is 0.640 bits per heavy atom. The third-order valence-corrected chi connectivity index (χ3v) is 4.28. The van der Waals surface area contributed by atoms with Gasteiger partial charge in [-0.15, -0.1) is 0 Å². The first-order valence-corrected chi connectivity index (χ1v) is 8.36. The fourth-order valence-electron chi connectivity index (χ4n) is 2.84. The van der Waals surface area contributed by atoms with Gasteiger partial charge < -0.3 is 5.32 Å². The van der Waals surface area contributed by atoms with E-state index in [-0.39, 0.29) is 0 Å². The SMILES string of the molecule is Cc1ccc(-c2ccc(Nc3nc4ccccc4nc3C)cc2)cc1. The summed E-state index contributed by atoms with van der Waals surface area (Å²) in [5, 5.41) is 3.38. The predicted molar refractivity (Wildman–Crippen MR) is 104 cm³/mol. The highest BCUT2D eigenvalue weighted by atomic mass is 15.0. The van der Waals surface area contributed by atoms with E-state index in [1.807, 2.05) is 31.2 Å². The molecule has 4 aromatic rings. The molecular weight excluding hydrogens is 306 g/mol. The first-order chi connectivity index (χ1) is 12.2. The van der Waals surface area contributed by atoms with E-state index >= 15 is 0 Å². The summed E-state index contributed by atoms with van der Waals surface area (Å²) in [6.45, 7) is 4.08. The number of aromatic nitrogens is 2. The van der Waals surface area contributed by atoms with Crippen LogP contribution in [0, 0.1) is 13.8 Å². The zero-order valence-corrected chi connectivity index (χ0v) is 14.3. The first-order valence-electron chi connectivity index (χ1n) is 8.36. The maximum atomic E-state index is 4.69. The average molecular weight is 325 g/mol. The summed E-state index contributed by atoms with van der Waals surface area (Å²) in [5.74, 6) is 0.793. The van der Waals surface area contributed by atoms with Gasteiger partial charge in [-0.1, -0.05) is 54.1 Å². The number of nitrogens with zero attached hydrogens (tertiary/aromatic N) is 2. The number of fused-ring (bicyclic) bond motifs is 1. The standard InChI is InChI=1S/C22H19N3/c1-15-7-9-17(10-8-15)18-11-13-19(14-12-18)24-22-16(2)23-20-5-3-4-6-21(20)25-22/h3-14H,1-2H3,(H,24,25). The molecule has 1 heterocycles. The second-order valence-electron chi connectivity index (χ2n) is 6.21. The lowest BCUT2D eigenvalue weighted by Crippen LogP contribution is -1.99. The molecule has 0 amide bonds. The number of rotatable bonds is 3. The van der Waals surface area contributed by atoms with Crippen molar-refractivity contribution in [2.75, 3.05) is 5.32 Å². The molecule has 0 aliphatic heterocycles. The molecule has 0 saturated heterocycles. The van der Waals surface area contributed by atoms with Gasteiger partial charge in [-0.3, -0.25) is 0 Å². The van der Waals surface area contributed by atoms with E-state index in [0.717, 1.165) is 28.2 Å². The molecule has 122 valence electrons. The van der Waals surface area contributed by atoms with Crippen LogP contribution in [-0.4, -0.2) is 9.97 Å². The Morgan fingerprint density at radius 3 is 1.84 bits per heavy atom. The van der Waals surface area contributed by atoms with E-state index in [4.69, 9.17) is 0 Å². The van der Waals surface area contributed by atoms with Crippen molar-refractivity contribution < 1.29 is 0 Å². The molecule has 3 nitrogen and oxygen atoms in total. The summed E-state index contributed by atoms with van der Waals surface area (Å²) in [6.07, 6.45) is 0. The van der Waals surface area contributed by atoms with Gasteiger partial charge in [-0.2, -0.15) is 0 Å². The first kappa shape index (κ1) is 15.3. The Kier molecular flexibility index (Phi) is 3.90. The molecule has 3 aromatic carbocycles. The van der Waals surface area contributed by atoms with E-state index in [9.17, 15) is 0 Å². The summed E-state index contributed by atoms with van der Waals surface area (Å²) in [6, 6.07) is 24.9. The van der Waals surface area contributed by atoms with Crippen LogP contribution in [0.4, 0.5) is 11.5 Å². The van der Waals surface area contributed by atoms with E-state index in [1.165, 1.54) is 16.7 Å². The van der Waals surface area contributed by atoms with E-state index in [1.54, 1.807) is 0 Å². The van der Waals surface area contributed by atoms with Crippen molar-refractivity contribution in [3.05, 3.63) is 84.1 Å². The van der Waals surface area contributed by atoms with Crippen molar-refractivity contribution in [2.45, 2.75) is 13.8 Å². The molecule has 0 saturated carbocycles. The van der Waals surface area contributed by atoms with Gasteiger partial charge in [0.2, 0.25) is 0 Å². The lowest BCUT2D eigenvalue weighted by molar-refractivity contribution is 1.18. The highest BCUT2D eigenvalue weighted by Crippen LogP contribution is 2.24. The second-order valence-corrected chi connectivity index (χ2v) is 6.21. The number of para-hydroxylation sites is 2. The molecule has 4 rings (SSSR count). The number of aryl methyl sites for hydroxylation is 2. The molecule has 0 aliphatic carbocycles. The maximum absolute atomic E-state index is 4.69. The van der Waals surface area contributed by atoms with Crippen LogP contribution in [0.2, 0.25) is 0 Å². The van der Waals surface area contributed by atoms with Crippen molar-refractivity contribution in [3.63, 3.8) is 0 Å². The van der Waals surface area contributed by atoms with Crippen LogP contribution in [0.15, 0.2) is 72.8 Å². The summed E-state index contributed by atoms with van der Waals surface area (Å²) in [4.78, 5) is 9.31. The van der Waals surface area contributed by atoms with Crippen molar-refractivity contribution in [3.8, 4) is 11.1 Å². The number of benzene rings is 3. The third-order valence-electron chi connectivity index (χ3n) is 4.28. The Hall–Kier alpha value is -3.20. The summed E-state index contributed by atoms with van der Waals surface area (Å²) >= 11 is 0. The fraction of sp³-hybridized carbons (Fsp3) is 0.0909. The smallest absolute Gasteiger partial charge is 0.152 e. The van der Waals surface area contributed by atoms with Crippen LogP contribution in [0.3, 0.4) is 0 Å². The van der Waals surface area contributed by atoms with E-state index in [2.05, 4.69) is 70.7 Å². The average Bonchev–Trinajstić information content (AvgIpc) is 2.64. The third kappa shape index (κ3) is 3.22. The highest BCUT2D eigenvalue weighted by Gasteiger charge is 2.05. The van der Waals surface area contributed by atoms with Crippen LogP contribution in [0.1, 0.15) is 11.3 Å². The van der Waals surface area contributed by atoms with Gasteiger partial charge in [0, 0.05) is 5.69 Å². The number of hydrogen-bond donors (Lipinski definition) is 1. The summed E-state index contributed by atoms with van der Waals surface area (Å²) in [5.41, 5.74) is 7.40. The molecule has 0 aliphatic rings. The van der Waals surface area contributed by atoms with Gasteiger partial charge >= 0.3 is 0 Å². The lowest BCUT2D eigenvalue weighted by Gasteiger charge is -2.10. The van der Waals surface area contributed by atoms with Crippen molar-refractivity contribution in [2.24, 2.45) is 0 Å². The van der Waals surface area contributed by atoms with Gasteiger partial charge in [0.25, 0.3) is 0 Å². The van der Waals surface area contributed by atoms with Gasteiger partial charge in [0.1, 0.15) is 0 Å². The Labute approximate surface area is 147 Å². The largest absolute Gasteiger partial charge is 0.339 e. The number of anilines is 2. The van der Waals surface area contributed by atoms with Gasteiger partial charge in [-0.05, 0) is 49.2 Å². The molecule has 3 heteroatoms. The van der Waals surface area contributed by atoms with Crippen LogP contribution >= 0.6 is 0 Å². The van der Waals surface area contributed by atoms with Crippen LogP contribution in [0.5, 0.6) is 0 Å². The molecule has 0 spiro atoms. The molecule has 1 aromatic heterocycles. The second kappa shape index (κ2) is 6.36. The van der Waals surface area contributed by atoms with Crippen molar-refractivity contribution in [1.82, 2.24) is 9.97 Å². The van der Waals surface area contributed by atoms with Crippen molar-refractivity contribution >= 4 is 22.5 Å². The fourth-order valence-corrected chi connectivity index (χ4v) is 2.84. The molecular formula is C22H19N3. The van der Waals surface area contributed by atoms with Crippen molar-refractivity contribution in [1.29, 1.82) is 0 Å². The zero-order valence-electron chi connectivity index (χ0n) is 14.3. The Bertz CT molecular complexity index is 1020. The highest BCUT2D eigenvalue weighted by molar-refractivity contribution is 5.77. The lowest BCUT2D eigenvalue weighted by atomic mass is 10.0. The predicted octanol–water partition coefficient (Wildman–Crippen LogP) is 5.66. The minimum absolute atomic E-state index is 0.793. The van der Waals surface area contributed by atoms with E-state index in [0.29, 0.717) is 0 Å². The summed E-state index contributed by atoms with van der Waals surface area (Å²) in [7, 11) is 0. The Morgan fingerprint density at radius 2 is 1.20 bits per heavy atom. The zero-order chi connectivity index (χ0) is 17.2. The Balaban J connectivity index is 1.61. The number of nitrogens with one attached hydrogen (secondary N) is 1. The molecule has 0 radical (unpaired) electrons. The maximum Gasteiger partial charge on any atom is 0.152 e.